The van der Waals surface area contributed by atoms with Crippen LogP contribution in [0.15, 0.2) is 29.4 Å². The van der Waals surface area contributed by atoms with Gasteiger partial charge in [0.15, 0.2) is 0 Å². The van der Waals surface area contributed by atoms with Crippen molar-refractivity contribution in [3.05, 3.63) is 56.3 Å². The van der Waals surface area contributed by atoms with E-state index in [9.17, 15) is 4.79 Å². The van der Waals surface area contributed by atoms with E-state index in [1.165, 1.54) is 0 Å². The molecular formula is C15H14Cl3N4O+. The van der Waals surface area contributed by atoms with E-state index in [0.717, 1.165) is 11.1 Å². The number of benzene rings is 1. The van der Waals surface area contributed by atoms with Crippen molar-refractivity contribution < 1.29 is 9.78 Å². The fourth-order valence-corrected chi connectivity index (χ4v) is 2.39. The van der Waals surface area contributed by atoms with Gasteiger partial charge in [0.1, 0.15) is 10.0 Å². The maximum atomic E-state index is 12.2. The lowest BCUT2D eigenvalue weighted by Gasteiger charge is -2.04. The molecule has 2 rings (SSSR count). The highest BCUT2D eigenvalue weighted by Crippen LogP contribution is 2.31. The number of H-pyrrole nitrogens is 1. The highest BCUT2D eigenvalue weighted by Gasteiger charge is 2.25. The molecular weight excluding hydrogens is 359 g/mol. The number of nitrogens with zero attached hydrogens (tertiary/aromatic N) is 1. The number of anilines is 1. The van der Waals surface area contributed by atoms with Gasteiger partial charge in [0.05, 0.1) is 11.4 Å². The molecule has 0 aliphatic rings. The number of carbonyl (C=O) groups excluding carboxylic acids is 1. The quantitative estimate of drug-likeness (QED) is 0.491. The van der Waals surface area contributed by atoms with Gasteiger partial charge < -0.3 is 5.73 Å². The number of nitrogen functional groups attached to an aromatic ring is 1. The van der Waals surface area contributed by atoms with Gasteiger partial charge >= 0.3 is 5.91 Å². The number of aromatic amines is 1. The minimum absolute atomic E-state index is 0.0138. The summed E-state index contributed by atoms with van der Waals surface area (Å²) in [5.74, 6) is -0.577. The predicted octanol–water partition coefficient (Wildman–Crippen LogP) is 3.51. The van der Waals surface area contributed by atoms with Gasteiger partial charge in [0.25, 0.3) is 10.8 Å². The number of hydrogen-bond donors (Lipinski definition) is 2. The number of halogens is 3. The number of pyridine rings is 1. The molecule has 0 spiro atoms. The highest BCUT2D eigenvalue weighted by molar-refractivity contribution is 6.45. The van der Waals surface area contributed by atoms with E-state index in [-0.39, 0.29) is 26.6 Å². The Balaban J connectivity index is 2.23. The van der Waals surface area contributed by atoms with Crippen LogP contribution < -0.4 is 16.1 Å². The molecule has 0 atom stereocenters. The lowest BCUT2D eigenvalue weighted by atomic mass is 10.1. The number of carbonyl (C=O) groups is 1. The van der Waals surface area contributed by atoms with Crippen LogP contribution in [0.1, 0.15) is 28.5 Å². The number of aryl methyl sites for hydroxylation is 1. The minimum atomic E-state index is -0.577. The van der Waals surface area contributed by atoms with Crippen LogP contribution in [0, 0.1) is 6.92 Å². The second-order valence-corrected chi connectivity index (χ2v) is 5.99. The Morgan fingerprint density at radius 1 is 1.17 bits per heavy atom. The molecule has 4 N–H and O–H groups in total. The Labute approximate surface area is 148 Å². The summed E-state index contributed by atoms with van der Waals surface area (Å²) in [6.07, 6.45) is 0. The summed E-state index contributed by atoms with van der Waals surface area (Å²) in [7, 11) is 0. The first-order chi connectivity index (χ1) is 10.8. The van der Waals surface area contributed by atoms with Crippen molar-refractivity contribution in [1.29, 1.82) is 0 Å². The zero-order chi connectivity index (χ0) is 17.1. The number of hydrazone groups is 1. The van der Waals surface area contributed by atoms with Crippen molar-refractivity contribution in [2.45, 2.75) is 13.8 Å². The number of nitrogens with two attached hydrogens (primary N) is 1. The summed E-state index contributed by atoms with van der Waals surface area (Å²) < 4.78 is 0. The fraction of sp³-hybridized carbons (Fsp3) is 0.133. The van der Waals surface area contributed by atoms with Gasteiger partial charge in [0, 0.05) is 0 Å². The van der Waals surface area contributed by atoms with E-state index in [1.807, 2.05) is 31.2 Å². The molecule has 0 radical (unpaired) electrons. The summed E-state index contributed by atoms with van der Waals surface area (Å²) >= 11 is 17.7. The lowest BCUT2D eigenvalue weighted by molar-refractivity contribution is -0.379. The van der Waals surface area contributed by atoms with Crippen LogP contribution in [0.5, 0.6) is 0 Å². The first kappa shape index (κ1) is 17.5. The van der Waals surface area contributed by atoms with Gasteiger partial charge in [-0.2, -0.15) is 10.1 Å². The molecule has 1 amide bonds. The van der Waals surface area contributed by atoms with E-state index in [4.69, 9.17) is 40.5 Å². The normalized spacial score (nSPS) is 11.4. The van der Waals surface area contributed by atoms with Gasteiger partial charge in [-0.3, -0.25) is 4.79 Å². The van der Waals surface area contributed by atoms with Gasteiger partial charge in [-0.15, -0.1) is 0 Å². The molecule has 8 heteroatoms. The third kappa shape index (κ3) is 3.93. The Bertz CT molecular complexity index is 788. The van der Waals surface area contributed by atoms with Crippen LogP contribution in [0.3, 0.4) is 0 Å². The summed E-state index contributed by atoms with van der Waals surface area (Å²) in [6, 6.07) is 7.74. The topological polar surface area (TPSA) is 81.6 Å². The molecule has 0 aliphatic heterocycles. The number of nitrogens with one attached hydrogen (secondary N) is 2. The molecule has 0 unspecified atom stereocenters. The number of hydrogen-bond acceptors (Lipinski definition) is 3. The molecule has 1 heterocycles. The summed E-state index contributed by atoms with van der Waals surface area (Å²) in [4.78, 5) is 14.8. The number of aromatic nitrogens is 1. The molecule has 0 aliphatic carbocycles. The molecule has 0 fully saturated rings. The second kappa shape index (κ2) is 7.17. The van der Waals surface area contributed by atoms with Crippen LogP contribution in [0.25, 0.3) is 0 Å². The number of amides is 1. The van der Waals surface area contributed by atoms with Gasteiger partial charge in [-0.25, -0.2) is 5.43 Å². The average Bonchev–Trinajstić information content (AvgIpc) is 2.54. The molecule has 0 bridgehead atoms. The maximum absolute atomic E-state index is 12.2. The molecule has 23 heavy (non-hydrogen) atoms. The fourth-order valence-electron chi connectivity index (χ4n) is 1.78. The third-order valence-electron chi connectivity index (χ3n) is 3.14. The third-order valence-corrected chi connectivity index (χ3v) is 4.31. The molecule has 0 saturated carbocycles. The molecule has 5 nitrogen and oxygen atoms in total. The van der Waals surface area contributed by atoms with Crippen molar-refractivity contribution >= 4 is 52.1 Å². The van der Waals surface area contributed by atoms with E-state index in [1.54, 1.807) is 6.92 Å². The molecule has 0 saturated heterocycles. The van der Waals surface area contributed by atoms with Gasteiger partial charge in [-0.05, 0) is 31.0 Å². The molecule has 120 valence electrons. The van der Waals surface area contributed by atoms with Crippen LogP contribution in [0.2, 0.25) is 15.2 Å². The van der Waals surface area contributed by atoms with Crippen molar-refractivity contribution in [1.82, 2.24) is 5.43 Å². The predicted molar refractivity (Wildman–Crippen MR) is 93.3 cm³/mol. The molecule has 2 aromatic rings. The van der Waals surface area contributed by atoms with Crippen LogP contribution >= 0.6 is 34.8 Å². The maximum Gasteiger partial charge on any atom is 0.337 e. The van der Waals surface area contributed by atoms with E-state index in [2.05, 4.69) is 15.5 Å². The Morgan fingerprint density at radius 3 is 2.39 bits per heavy atom. The van der Waals surface area contributed by atoms with Crippen molar-refractivity contribution in [3.63, 3.8) is 0 Å². The van der Waals surface area contributed by atoms with E-state index in [0.29, 0.717) is 5.71 Å². The van der Waals surface area contributed by atoms with E-state index < -0.39 is 5.91 Å². The van der Waals surface area contributed by atoms with Crippen LogP contribution in [-0.2, 0) is 0 Å². The van der Waals surface area contributed by atoms with Crippen LogP contribution in [-0.4, -0.2) is 11.6 Å². The largest absolute Gasteiger partial charge is 0.396 e. The molecule has 1 aromatic carbocycles. The van der Waals surface area contributed by atoms with E-state index >= 15 is 0 Å². The summed E-state index contributed by atoms with van der Waals surface area (Å²) in [5.41, 5.74) is 10.8. The van der Waals surface area contributed by atoms with Gasteiger partial charge in [0.2, 0.25) is 0 Å². The minimum Gasteiger partial charge on any atom is -0.396 e. The standard InChI is InChI=1S/C15H13Cl3N4O/c1-7-3-5-9(6-4-7)8(2)21-22-15(23)13-10(16)12(19)11(17)14(18)20-13/h3-6H,1-2H3,(H2,19,20)(H,22,23)/p+1/b21-8-. The zero-order valence-electron chi connectivity index (χ0n) is 12.4. The SMILES string of the molecule is C/C(=N/NC(=O)c1[nH+]c(Cl)c(Cl)c(N)c1Cl)c1ccc(C)cc1. The van der Waals surface area contributed by atoms with Crippen LogP contribution in [0.4, 0.5) is 5.69 Å². The zero-order valence-corrected chi connectivity index (χ0v) is 14.6. The Hall–Kier alpha value is -1.82. The van der Waals surface area contributed by atoms with Crippen molar-refractivity contribution in [2.24, 2.45) is 5.10 Å². The highest BCUT2D eigenvalue weighted by atomic mass is 35.5. The lowest BCUT2D eigenvalue weighted by Crippen LogP contribution is -2.29. The first-order valence-electron chi connectivity index (χ1n) is 6.58. The molecule has 1 aromatic heterocycles. The average molecular weight is 373 g/mol. The number of rotatable bonds is 3. The van der Waals surface area contributed by atoms with Crippen molar-refractivity contribution in [3.8, 4) is 0 Å². The summed E-state index contributed by atoms with van der Waals surface area (Å²) in [5, 5.41) is 4.12. The first-order valence-corrected chi connectivity index (χ1v) is 7.71. The Kier molecular flexibility index (Phi) is 5.46. The smallest absolute Gasteiger partial charge is 0.337 e. The summed E-state index contributed by atoms with van der Waals surface area (Å²) in [6.45, 7) is 3.77. The van der Waals surface area contributed by atoms with Gasteiger partial charge in [-0.1, -0.05) is 53.0 Å². The second-order valence-electron chi connectivity index (χ2n) is 4.86. The van der Waals surface area contributed by atoms with Crippen molar-refractivity contribution in [2.75, 3.05) is 5.73 Å². The Morgan fingerprint density at radius 2 is 1.78 bits per heavy atom. The monoisotopic (exact) mass is 371 g/mol.